The van der Waals surface area contributed by atoms with E-state index in [9.17, 15) is 8.42 Å². The van der Waals surface area contributed by atoms with Crippen LogP contribution in [0.15, 0.2) is 47.4 Å². The van der Waals surface area contributed by atoms with Gasteiger partial charge in [-0.3, -0.25) is 4.55 Å². The molecule has 0 atom stereocenters. The molecule has 0 heterocycles. The molecule has 0 fully saturated rings. The first-order valence-electron chi connectivity index (χ1n) is 7.04. The summed E-state index contributed by atoms with van der Waals surface area (Å²) in [7, 11) is -4.13. The van der Waals surface area contributed by atoms with Crippen molar-refractivity contribution in [1.82, 2.24) is 0 Å². The Morgan fingerprint density at radius 2 is 1.61 bits per heavy atom. The minimum absolute atomic E-state index is 0. The van der Waals surface area contributed by atoms with Gasteiger partial charge in [-0.25, -0.2) is 0 Å². The second-order valence-electron chi connectivity index (χ2n) is 4.51. The maximum atomic E-state index is 11.0. The summed E-state index contributed by atoms with van der Waals surface area (Å²) in [4.78, 5) is 7.95. The summed E-state index contributed by atoms with van der Waals surface area (Å²) in [6, 6.07) is 11.8. The van der Waals surface area contributed by atoms with Gasteiger partial charge in [-0.1, -0.05) is 62.6 Å². The Labute approximate surface area is 161 Å². The molecule has 0 spiro atoms. The summed E-state index contributed by atoms with van der Waals surface area (Å²) < 4.78 is 31.0. The monoisotopic (exact) mass is 346 g/mol. The average Bonchev–Trinajstić information content (AvgIpc) is 2.54. The minimum atomic E-state index is -4.13. The number of fused-ring (bicyclic) bond motifs is 1. The molecular weight excluding hydrogens is 323 g/mol. The van der Waals surface area contributed by atoms with E-state index in [0.29, 0.717) is 5.39 Å². The van der Waals surface area contributed by atoms with E-state index in [1.165, 1.54) is 25.3 Å². The number of carbonyl (C=O) groups excluding carboxylic acids is 1. The smallest absolute Gasteiger partial charge is 0.343 e. The number of carbonyl (C=O) groups is 1. The molecular formula is C17H23NaO4S. The van der Waals surface area contributed by atoms with Gasteiger partial charge in [0.1, 0.15) is 11.7 Å². The van der Waals surface area contributed by atoms with Gasteiger partial charge in [0.05, 0.1) is 0 Å². The van der Waals surface area contributed by atoms with Gasteiger partial charge in [-0.15, -0.1) is 0 Å². The van der Waals surface area contributed by atoms with Gasteiger partial charge in [0.15, 0.2) is 0 Å². The zero-order valence-electron chi connectivity index (χ0n) is 13.9. The molecule has 0 aliphatic heterocycles. The first kappa shape index (κ1) is 24.5. The quantitative estimate of drug-likeness (QED) is 0.392. The molecule has 4 nitrogen and oxygen atoms in total. The van der Waals surface area contributed by atoms with Crippen LogP contribution in [-0.4, -0.2) is 19.8 Å². The van der Waals surface area contributed by atoms with E-state index in [1.54, 1.807) is 30.3 Å². The topological polar surface area (TPSA) is 71.4 Å². The van der Waals surface area contributed by atoms with Crippen LogP contribution < -0.4 is 29.6 Å². The van der Waals surface area contributed by atoms with E-state index in [0.717, 1.165) is 11.8 Å². The zero-order chi connectivity index (χ0) is 17.0. The Balaban J connectivity index is 0. The number of unbranched alkanes of at least 4 members (excludes halogenated alkanes) is 3. The van der Waals surface area contributed by atoms with Crippen molar-refractivity contribution in [2.24, 2.45) is 0 Å². The Kier molecular flexibility index (Phi) is 14.6. The molecule has 23 heavy (non-hydrogen) atoms. The van der Waals surface area contributed by atoms with Crippen LogP contribution in [0.25, 0.3) is 10.8 Å². The number of hydrogen-bond acceptors (Lipinski definition) is 3. The predicted octanol–water partition coefficient (Wildman–Crippen LogP) is 1.31. The van der Waals surface area contributed by atoms with Crippen molar-refractivity contribution in [3.05, 3.63) is 49.4 Å². The van der Waals surface area contributed by atoms with Crippen LogP contribution in [0.4, 0.5) is 0 Å². The third kappa shape index (κ3) is 9.23. The summed E-state index contributed by atoms with van der Waals surface area (Å²) in [5.74, 6) is 0. The Morgan fingerprint density at radius 1 is 1.04 bits per heavy atom. The van der Waals surface area contributed by atoms with Crippen molar-refractivity contribution >= 4 is 27.7 Å². The van der Waals surface area contributed by atoms with Gasteiger partial charge in [0.25, 0.3) is 10.1 Å². The standard InChI is InChI=1S/C10H8O3S.C6H13.CH2O.Na/c11-14(12,13)10-7-3-5-8-4-1-2-6-9(8)10;1-3-5-6-4-2;1-2;/h1-7H,(H,11,12,13);1,3-6H2,2H3;1H2;/q;-1;;+1. The van der Waals surface area contributed by atoms with Crippen LogP contribution in [0.1, 0.15) is 32.6 Å². The van der Waals surface area contributed by atoms with Gasteiger partial charge >= 0.3 is 29.6 Å². The summed E-state index contributed by atoms with van der Waals surface area (Å²) in [6.45, 7) is 7.93. The molecule has 1 N–H and O–H groups in total. The second kappa shape index (κ2) is 13.7. The molecule has 2 rings (SSSR count). The van der Waals surface area contributed by atoms with E-state index in [4.69, 9.17) is 9.35 Å². The largest absolute Gasteiger partial charge is 1.00 e. The normalized spacial score (nSPS) is 9.70. The minimum Gasteiger partial charge on any atom is -0.343 e. The van der Waals surface area contributed by atoms with E-state index in [-0.39, 0.29) is 34.5 Å². The third-order valence-corrected chi connectivity index (χ3v) is 3.79. The van der Waals surface area contributed by atoms with E-state index in [2.05, 4.69) is 13.8 Å². The van der Waals surface area contributed by atoms with Gasteiger partial charge in [-0.2, -0.15) is 14.8 Å². The van der Waals surface area contributed by atoms with Crippen molar-refractivity contribution in [3.8, 4) is 0 Å². The zero-order valence-corrected chi connectivity index (χ0v) is 16.7. The van der Waals surface area contributed by atoms with Crippen LogP contribution in [0.5, 0.6) is 0 Å². The van der Waals surface area contributed by atoms with Crippen LogP contribution in [0.3, 0.4) is 0 Å². The maximum Gasteiger partial charge on any atom is 1.00 e. The molecule has 0 unspecified atom stereocenters. The average molecular weight is 346 g/mol. The molecule has 0 bridgehead atoms. The van der Waals surface area contributed by atoms with E-state index >= 15 is 0 Å². The summed E-state index contributed by atoms with van der Waals surface area (Å²) in [5.41, 5.74) is 0. The van der Waals surface area contributed by atoms with Crippen LogP contribution in [0.2, 0.25) is 0 Å². The van der Waals surface area contributed by atoms with Crippen LogP contribution in [-0.2, 0) is 14.9 Å². The van der Waals surface area contributed by atoms with Crippen LogP contribution in [0, 0.1) is 6.92 Å². The van der Waals surface area contributed by atoms with Crippen molar-refractivity contribution < 1.29 is 47.3 Å². The first-order valence-corrected chi connectivity index (χ1v) is 8.48. The fourth-order valence-corrected chi connectivity index (χ4v) is 2.56. The molecule has 2 aromatic carbocycles. The summed E-state index contributed by atoms with van der Waals surface area (Å²) >= 11 is 0. The molecule has 2 aromatic rings. The number of hydrogen-bond donors (Lipinski definition) is 1. The van der Waals surface area contributed by atoms with Gasteiger partial charge in [0.2, 0.25) is 0 Å². The molecule has 6 heteroatoms. The predicted molar refractivity (Wildman–Crippen MR) is 90.4 cm³/mol. The maximum absolute atomic E-state index is 11.0. The molecule has 0 saturated heterocycles. The number of benzene rings is 2. The molecule has 0 amide bonds. The fourth-order valence-electron chi connectivity index (χ4n) is 1.85. The first-order chi connectivity index (χ1) is 10.5. The molecule has 0 radical (unpaired) electrons. The Hall–Kier alpha value is -0.720. The van der Waals surface area contributed by atoms with Crippen molar-refractivity contribution in [2.45, 2.75) is 37.5 Å². The molecule has 122 valence electrons. The molecule has 0 aliphatic rings. The molecule has 0 aliphatic carbocycles. The Bertz CT molecular complexity index is 647. The van der Waals surface area contributed by atoms with Crippen LogP contribution >= 0.6 is 0 Å². The van der Waals surface area contributed by atoms with Gasteiger partial charge < -0.3 is 11.7 Å². The summed E-state index contributed by atoms with van der Waals surface area (Å²) in [5, 5.41) is 1.33. The van der Waals surface area contributed by atoms with Crippen molar-refractivity contribution in [1.29, 1.82) is 0 Å². The second-order valence-corrected chi connectivity index (χ2v) is 5.90. The van der Waals surface area contributed by atoms with Crippen molar-refractivity contribution in [2.75, 3.05) is 0 Å². The fraction of sp³-hybridized carbons (Fsp3) is 0.294. The van der Waals surface area contributed by atoms with E-state index < -0.39 is 10.1 Å². The van der Waals surface area contributed by atoms with Gasteiger partial charge in [-0.05, 0) is 11.5 Å². The molecule has 0 aromatic heterocycles. The Morgan fingerprint density at radius 3 is 2.09 bits per heavy atom. The molecule has 0 saturated carbocycles. The SMILES string of the molecule is C=O.O=S(=O)(O)c1cccc2ccccc12.[CH2-]CCCCC.[Na+]. The number of rotatable bonds is 4. The van der Waals surface area contributed by atoms with E-state index in [1.807, 2.05) is 12.9 Å². The third-order valence-electron chi connectivity index (χ3n) is 2.88. The summed E-state index contributed by atoms with van der Waals surface area (Å²) in [6.07, 6.45) is 5.07. The van der Waals surface area contributed by atoms with Gasteiger partial charge in [0, 0.05) is 5.39 Å². The van der Waals surface area contributed by atoms with Crippen molar-refractivity contribution in [3.63, 3.8) is 0 Å².